The lowest BCUT2D eigenvalue weighted by Gasteiger charge is -2.06. The number of aromatic amines is 1. The minimum atomic E-state index is -0.280. The molecule has 1 amide bonds. The Morgan fingerprint density at radius 3 is 2.71 bits per heavy atom. The molecule has 1 aromatic carbocycles. The van der Waals surface area contributed by atoms with Gasteiger partial charge in [-0.15, -0.1) is 0 Å². The Labute approximate surface area is 138 Å². The van der Waals surface area contributed by atoms with E-state index in [1.54, 1.807) is 6.20 Å². The molecule has 24 heavy (non-hydrogen) atoms. The molecule has 0 atom stereocenters. The lowest BCUT2D eigenvalue weighted by Crippen LogP contribution is -2.14. The summed E-state index contributed by atoms with van der Waals surface area (Å²) in [5.74, 6) is -0.280. The van der Waals surface area contributed by atoms with Crippen LogP contribution >= 0.6 is 0 Å². The third kappa shape index (κ3) is 4.04. The van der Waals surface area contributed by atoms with Crippen LogP contribution in [-0.2, 0) is 0 Å². The normalized spacial score (nSPS) is 10.7. The zero-order valence-electron chi connectivity index (χ0n) is 12.8. The third-order valence-electron chi connectivity index (χ3n) is 3.33. The van der Waals surface area contributed by atoms with Gasteiger partial charge in [-0.2, -0.15) is 0 Å². The average molecular weight is 317 g/mol. The van der Waals surface area contributed by atoms with Gasteiger partial charge in [-0.3, -0.25) is 14.6 Å². The third-order valence-corrected chi connectivity index (χ3v) is 3.33. The summed E-state index contributed by atoms with van der Waals surface area (Å²) in [6, 6.07) is 16.0. The van der Waals surface area contributed by atoms with Crippen LogP contribution in [0.2, 0.25) is 0 Å². The largest absolute Gasteiger partial charge is 0.328 e. The summed E-state index contributed by atoms with van der Waals surface area (Å²) in [6.45, 7) is 0. The first kappa shape index (κ1) is 15.4. The summed E-state index contributed by atoms with van der Waals surface area (Å²) in [5.41, 5.74) is 2.63. The molecule has 5 heteroatoms. The van der Waals surface area contributed by atoms with Gasteiger partial charge in [0.05, 0.1) is 11.3 Å². The van der Waals surface area contributed by atoms with Crippen molar-refractivity contribution in [3.8, 4) is 0 Å². The van der Waals surface area contributed by atoms with Gasteiger partial charge in [-0.25, -0.2) is 0 Å². The number of aromatic nitrogens is 2. The van der Waals surface area contributed by atoms with Crippen LogP contribution in [0.1, 0.15) is 21.6 Å². The Kier molecular flexibility index (Phi) is 4.62. The Morgan fingerprint density at radius 2 is 1.96 bits per heavy atom. The van der Waals surface area contributed by atoms with E-state index in [1.165, 1.54) is 18.3 Å². The molecule has 0 saturated heterocycles. The highest BCUT2D eigenvalue weighted by Gasteiger charge is 2.05. The average Bonchev–Trinajstić information content (AvgIpc) is 2.62. The molecular formula is C19H15N3O2. The Hall–Kier alpha value is -3.47. The maximum absolute atomic E-state index is 12.2. The fourth-order valence-corrected chi connectivity index (χ4v) is 2.13. The van der Waals surface area contributed by atoms with Crippen LogP contribution in [-0.4, -0.2) is 15.9 Å². The SMILES string of the molecule is O=C(Nc1cccc(C=Cc2ccccn2)c1)c1ccc(=O)[nH]c1. The van der Waals surface area contributed by atoms with E-state index in [-0.39, 0.29) is 11.5 Å². The number of rotatable bonds is 4. The van der Waals surface area contributed by atoms with Crippen LogP contribution in [0, 0.1) is 0 Å². The molecule has 3 rings (SSSR count). The molecule has 5 nitrogen and oxygen atoms in total. The molecular weight excluding hydrogens is 302 g/mol. The lowest BCUT2D eigenvalue weighted by molar-refractivity contribution is 0.102. The van der Waals surface area contributed by atoms with E-state index in [1.807, 2.05) is 54.6 Å². The summed E-state index contributed by atoms with van der Waals surface area (Å²) in [5, 5.41) is 2.81. The molecule has 118 valence electrons. The summed E-state index contributed by atoms with van der Waals surface area (Å²) in [4.78, 5) is 29.9. The van der Waals surface area contributed by atoms with Gasteiger partial charge in [0.15, 0.2) is 0 Å². The van der Waals surface area contributed by atoms with Gasteiger partial charge in [-0.1, -0.05) is 24.3 Å². The standard InChI is InChI=1S/C19H15N3O2/c23-18-10-8-15(13-21-18)19(24)22-17-6-3-4-14(12-17)7-9-16-5-1-2-11-20-16/h1-13H,(H,21,23)(H,22,24). The minimum Gasteiger partial charge on any atom is -0.328 e. The van der Waals surface area contributed by atoms with Gasteiger partial charge >= 0.3 is 0 Å². The Bertz CT molecular complexity index is 910. The van der Waals surface area contributed by atoms with Crippen molar-refractivity contribution >= 4 is 23.7 Å². The van der Waals surface area contributed by atoms with Crippen LogP contribution in [0.25, 0.3) is 12.2 Å². The molecule has 0 bridgehead atoms. The highest BCUT2D eigenvalue weighted by Crippen LogP contribution is 2.14. The fourth-order valence-electron chi connectivity index (χ4n) is 2.13. The molecule has 0 aliphatic carbocycles. The topological polar surface area (TPSA) is 74.8 Å². The van der Waals surface area contributed by atoms with Crippen molar-refractivity contribution in [1.82, 2.24) is 9.97 Å². The van der Waals surface area contributed by atoms with Gasteiger partial charge in [0, 0.05) is 24.1 Å². The number of carbonyl (C=O) groups is 1. The number of nitrogens with zero attached hydrogens (tertiary/aromatic N) is 1. The van der Waals surface area contributed by atoms with Crippen molar-refractivity contribution in [3.05, 3.63) is 94.2 Å². The van der Waals surface area contributed by atoms with E-state index in [4.69, 9.17) is 0 Å². The maximum atomic E-state index is 12.2. The molecule has 0 aliphatic heterocycles. The maximum Gasteiger partial charge on any atom is 0.257 e. The summed E-state index contributed by atoms with van der Waals surface area (Å²) < 4.78 is 0. The molecule has 2 N–H and O–H groups in total. The monoisotopic (exact) mass is 317 g/mol. The van der Waals surface area contributed by atoms with Crippen molar-refractivity contribution < 1.29 is 4.79 Å². The molecule has 2 heterocycles. The number of nitrogens with one attached hydrogen (secondary N) is 2. The van der Waals surface area contributed by atoms with E-state index < -0.39 is 0 Å². The van der Waals surface area contributed by atoms with E-state index in [9.17, 15) is 9.59 Å². The van der Waals surface area contributed by atoms with Crippen molar-refractivity contribution in [3.63, 3.8) is 0 Å². The van der Waals surface area contributed by atoms with Gasteiger partial charge in [0.25, 0.3) is 5.91 Å². The van der Waals surface area contributed by atoms with Gasteiger partial charge in [0.2, 0.25) is 5.56 Å². The van der Waals surface area contributed by atoms with E-state index in [0.29, 0.717) is 11.3 Å². The van der Waals surface area contributed by atoms with Crippen molar-refractivity contribution in [2.24, 2.45) is 0 Å². The molecule has 0 aliphatic rings. The second-order valence-corrected chi connectivity index (χ2v) is 5.11. The minimum absolute atomic E-state index is 0.242. The van der Waals surface area contributed by atoms with Gasteiger partial charge in [0.1, 0.15) is 0 Å². The first-order chi connectivity index (χ1) is 11.7. The quantitative estimate of drug-likeness (QED) is 0.776. The predicted octanol–water partition coefficient (Wildman–Crippen LogP) is 3.19. The van der Waals surface area contributed by atoms with Crippen molar-refractivity contribution in [2.75, 3.05) is 5.32 Å². The smallest absolute Gasteiger partial charge is 0.257 e. The first-order valence-electron chi connectivity index (χ1n) is 7.40. The van der Waals surface area contributed by atoms with E-state index in [2.05, 4.69) is 15.3 Å². The number of pyridine rings is 2. The fraction of sp³-hybridized carbons (Fsp3) is 0. The number of carbonyl (C=O) groups excluding carboxylic acids is 1. The molecule has 0 saturated carbocycles. The van der Waals surface area contributed by atoms with Crippen LogP contribution in [0.15, 0.2) is 71.8 Å². The number of amides is 1. The molecule has 0 radical (unpaired) electrons. The highest BCUT2D eigenvalue weighted by atomic mass is 16.1. The summed E-state index contributed by atoms with van der Waals surface area (Å²) in [7, 11) is 0. The zero-order valence-corrected chi connectivity index (χ0v) is 12.8. The van der Waals surface area contributed by atoms with E-state index >= 15 is 0 Å². The number of benzene rings is 1. The zero-order chi connectivity index (χ0) is 16.8. The number of hydrogen-bond donors (Lipinski definition) is 2. The summed E-state index contributed by atoms with van der Waals surface area (Å²) in [6.07, 6.45) is 6.96. The van der Waals surface area contributed by atoms with Gasteiger partial charge < -0.3 is 10.3 Å². The van der Waals surface area contributed by atoms with E-state index in [0.717, 1.165) is 11.3 Å². The predicted molar refractivity (Wildman–Crippen MR) is 94.6 cm³/mol. The van der Waals surface area contributed by atoms with Crippen LogP contribution in [0.4, 0.5) is 5.69 Å². The Morgan fingerprint density at radius 1 is 1.04 bits per heavy atom. The Balaban J connectivity index is 1.73. The summed E-state index contributed by atoms with van der Waals surface area (Å²) >= 11 is 0. The highest BCUT2D eigenvalue weighted by molar-refractivity contribution is 6.04. The molecule has 0 unspecified atom stereocenters. The van der Waals surface area contributed by atoms with Crippen LogP contribution in [0.5, 0.6) is 0 Å². The molecule has 0 spiro atoms. The van der Waals surface area contributed by atoms with Crippen molar-refractivity contribution in [2.45, 2.75) is 0 Å². The van der Waals surface area contributed by atoms with Crippen molar-refractivity contribution in [1.29, 1.82) is 0 Å². The van der Waals surface area contributed by atoms with Gasteiger partial charge in [-0.05, 0) is 42.0 Å². The van der Waals surface area contributed by atoms with Crippen LogP contribution in [0.3, 0.4) is 0 Å². The first-order valence-corrected chi connectivity index (χ1v) is 7.40. The van der Waals surface area contributed by atoms with Crippen LogP contribution < -0.4 is 10.9 Å². The molecule has 2 aromatic heterocycles. The molecule has 3 aromatic rings. The second-order valence-electron chi connectivity index (χ2n) is 5.11. The molecule has 0 fully saturated rings. The lowest BCUT2D eigenvalue weighted by atomic mass is 10.1. The number of anilines is 1. The number of H-pyrrole nitrogens is 1. The number of hydrogen-bond acceptors (Lipinski definition) is 3. The second kappa shape index (κ2) is 7.19.